The first kappa shape index (κ1) is 14.8. The van der Waals surface area contributed by atoms with E-state index in [2.05, 4.69) is 16.5 Å². The number of carboxylic acid groups (broad SMARTS) is 1. The number of carboxylic acids is 1. The Labute approximate surface area is 121 Å². The number of nitrogens with zero attached hydrogens (tertiary/aromatic N) is 4. The molecule has 112 valence electrons. The molecule has 1 aromatic rings. The van der Waals surface area contributed by atoms with E-state index < -0.39 is 5.97 Å². The molecule has 0 bridgehead atoms. The van der Waals surface area contributed by atoms with Crippen molar-refractivity contribution in [1.82, 2.24) is 14.9 Å². The molecule has 2 rings (SSSR count). The number of amides is 1. The molecule has 1 saturated heterocycles. The molecule has 0 saturated carbocycles. The second-order valence-corrected chi connectivity index (χ2v) is 4.40. The molecule has 1 aromatic heterocycles. The molecule has 1 aliphatic rings. The van der Waals surface area contributed by atoms with Gasteiger partial charge >= 0.3 is 12.1 Å². The summed E-state index contributed by atoms with van der Waals surface area (Å²) in [6, 6.07) is 0. The number of aromatic carboxylic acids is 1. The highest BCUT2D eigenvalue weighted by molar-refractivity contribution is 5.84. The van der Waals surface area contributed by atoms with E-state index in [1.54, 1.807) is 4.90 Å². The van der Waals surface area contributed by atoms with Crippen LogP contribution < -0.4 is 4.90 Å². The summed E-state index contributed by atoms with van der Waals surface area (Å²) in [7, 11) is 0. The summed E-state index contributed by atoms with van der Waals surface area (Å²) in [4.78, 5) is 33.8. The zero-order valence-electron chi connectivity index (χ0n) is 11.4. The predicted molar refractivity (Wildman–Crippen MR) is 74.3 cm³/mol. The number of hydrogen-bond donors (Lipinski definition) is 1. The van der Waals surface area contributed by atoms with E-state index in [0.29, 0.717) is 32.0 Å². The van der Waals surface area contributed by atoms with Crippen molar-refractivity contribution in [2.45, 2.75) is 0 Å². The minimum absolute atomic E-state index is 0.0922. The van der Waals surface area contributed by atoms with Crippen molar-refractivity contribution in [3.63, 3.8) is 0 Å². The molecule has 8 heteroatoms. The van der Waals surface area contributed by atoms with Crippen LogP contribution >= 0.6 is 0 Å². The summed E-state index contributed by atoms with van der Waals surface area (Å²) >= 11 is 0. The Morgan fingerprint density at radius 1 is 1.29 bits per heavy atom. The third-order valence-corrected chi connectivity index (χ3v) is 3.04. The molecule has 1 N–H and O–H groups in total. The van der Waals surface area contributed by atoms with Crippen LogP contribution in [0.5, 0.6) is 0 Å². The topological polar surface area (TPSA) is 95.9 Å². The maximum absolute atomic E-state index is 11.7. The highest BCUT2D eigenvalue weighted by Crippen LogP contribution is 2.13. The molecule has 0 unspecified atom stereocenters. The molecule has 0 spiro atoms. The summed E-state index contributed by atoms with van der Waals surface area (Å²) in [5.74, 6) is -0.511. The van der Waals surface area contributed by atoms with Gasteiger partial charge in [-0.05, 0) is 0 Å². The number of carbonyl (C=O) groups excluding carboxylic acids is 1. The van der Waals surface area contributed by atoms with Crippen molar-refractivity contribution >= 4 is 17.9 Å². The van der Waals surface area contributed by atoms with Gasteiger partial charge in [0.2, 0.25) is 0 Å². The van der Waals surface area contributed by atoms with Crippen LogP contribution in [0.4, 0.5) is 10.6 Å². The third kappa shape index (κ3) is 3.68. The van der Waals surface area contributed by atoms with Crippen LogP contribution in [-0.2, 0) is 4.74 Å². The van der Waals surface area contributed by atoms with Crippen LogP contribution in [0.2, 0.25) is 0 Å². The molecule has 8 nitrogen and oxygen atoms in total. The van der Waals surface area contributed by atoms with Gasteiger partial charge in [0.15, 0.2) is 5.69 Å². The Balaban J connectivity index is 1.90. The highest BCUT2D eigenvalue weighted by atomic mass is 16.6. The monoisotopic (exact) mass is 292 g/mol. The van der Waals surface area contributed by atoms with Crippen molar-refractivity contribution in [3.8, 4) is 0 Å². The lowest BCUT2D eigenvalue weighted by atomic mass is 10.3. The minimum atomic E-state index is -1.11. The minimum Gasteiger partial charge on any atom is -0.476 e. The summed E-state index contributed by atoms with van der Waals surface area (Å²) in [5.41, 5.74) is -0.0922. The molecular weight excluding hydrogens is 276 g/mol. The van der Waals surface area contributed by atoms with Crippen LogP contribution in [0.25, 0.3) is 0 Å². The van der Waals surface area contributed by atoms with Gasteiger partial charge in [0.05, 0.1) is 12.4 Å². The van der Waals surface area contributed by atoms with Gasteiger partial charge in [0.1, 0.15) is 12.4 Å². The zero-order valence-corrected chi connectivity index (χ0v) is 11.4. The maximum Gasteiger partial charge on any atom is 0.410 e. The summed E-state index contributed by atoms with van der Waals surface area (Å²) in [6.07, 6.45) is 3.81. The van der Waals surface area contributed by atoms with E-state index in [-0.39, 0.29) is 18.4 Å². The lowest BCUT2D eigenvalue weighted by Crippen LogP contribution is -2.49. The summed E-state index contributed by atoms with van der Waals surface area (Å²) in [6.45, 7) is 5.88. The Hall–Kier alpha value is -2.64. The Morgan fingerprint density at radius 2 is 2.00 bits per heavy atom. The highest BCUT2D eigenvalue weighted by Gasteiger charge is 2.23. The number of anilines is 1. The van der Waals surface area contributed by atoms with Gasteiger partial charge in [-0.3, -0.25) is 0 Å². The molecule has 1 aliphatic heterocycles. The standard InChI is InChI=1S/C13H16N4O4/c1-2-7-21-13(20)17-5-3-16(4-6-17)11-9-14-10(8-15-11)12(18)19/h2,8-9H,1,3-7H2,(H,18,19). The van der Waals surface area contributed by atoms with Gasteiger partial charge in [0.25, 0.3) is 0 Å². The van der Waals surface area contributed by atoms with Gasteiger partial charge < -0.3 is 19.6 Å². The summed E-state index contributed by atoms with van der Waals surface area (Å²) in [5, 5.41) is 8.77. The number of ether oxygens (including phenoxy) is 1. The fraction of sp³-hybridized carbons (Fsp3) is 0.385. The molecule has 21 heavy (non-hydrogen) atoms. The first-order chi connectivity index (χ1) is 10.1. The van der Waals surface area contributed by atoms with Crippen molar-refractivity contribution in [3.05, 3.63) is 30.7 Å². The lowest BCUT2D eigenvalue weighted by Gasteiger charge is -2.34. The van der Waals surface area contributed by atoms with Crippen LogP contribution in [-0.4, -0.2) is 64.8 Å². The van der Waals surface area contributed by atoms with Crippen LogP contribution in [0.1, 0.15) is 10.5 Å². The molecule has 0 aromatic carbocycles. The van der Waals surface area contributed by atoms with Crippen molar-refractivity contribution < 1.29 is 19.4 Å². The number of rotatable bonds is 4. The first-order valence-corrected chi connectivity index (χ1v) is 6.44. The maximum atomic E-state index is 11.7. The van der Waals surface area contributed by atoms with Gasteiger partial charge in [-0.1, -0.05) is 12.7 Å². The van der Waals surface area contributed by atoms with Gasteiger partial charge in [-0.25, -0.2) is 19.6 Å². The second-order valence-electron chi connectivity index (χ2n) is 4.40. The number of piperazine rings is 1. The molecule has 0 atom stereocenters. The Kier molecular flexibility index (Phi) is 4.70. The molecule has 1 amide bonds. The number of carbonyl (C=O) groups is 2. The van der Waals surface area contributed by atoms with Gasteiger partial charge in [0, 0.05) is 26.2 Å². The zero-order chi connectivity index (χ0) is 15.2. The van der Waals surface area contributed by atoms with Gasteiger partial charge in [-0.15, -0.1) is 0 Å². The van der Waals surface area contributed by atoms with Crippen molar-refractivity contribution in [1.29, 1.82) is 0 Å². The fourth-order valence-electron chi connectivity index (χ4n) is 1.93. The molecule has 2 heterocycles. The molecule has 1 fully saturated rings. The van der Waals surface area contributed by atoms with Gasteiger partial charge in [-0.2, -0.15) is 0 Å². The summed E-state index contributed by atoms with van der Waals surface area (Å²) < 4.78 is 4.97. The van der Waals surface area contributed by atoms with Crippen LogP contribution in [0.3, 0.4) is 0 Å². The predicted octanol–water partition coefficient (Wildman–Crippen LogP) is 0.619. The van der Waals surface area contributed by atoms with Crippen molar-refractivity contribution in [2.75, 3.05) is 37.7 Å². The van der Waals surface area contributed by atoms with E-state index in [4.69, 9.17) is 9.84 Å². The van der Waals surface area contributed by atoms with Crippen LogP contribution in [0.15, 0.2) is 25.0 Å². The molecule has 0 radical (unpaired) electrons. The second kappa shape index (κ2) is 6.69. The first-order valence-electron chi connectivity index (χ1n) is 6.44. The largest absolute Gasteiger partial charge is 0.476 e. The lowest BCUT2D eigenvalue weighted by molar-refractivity contribution is 0.0689. The van der Waals surface area contributed by atoms with E-state index in [9.17, 15) is 9.59 Å². The van der Waals surface area contributed by atoms with Crippen LogP contribution in [0, 0.1) is 0 Å². The van der Waals surface area contributed by atoms with E-state index >= 15 is 0 Å². The Morgan fingerprint density at radius 3 is 2.52 bits per heavy atom. The average Bonchev–Trinajstić information content (AvgIpc) is 2.53. The molecular formula is C13H16N4O4. The number of hydrogen-bond acceptors (Lipinski definition) is 6. The SMILES string of the molecule is C=CCOC(=O)N1CCN(c2cnc(C(=O)O)cn2)CC1. The van der Waals surface area contributed by atoms with E-state index in [1.807, 2.05) is 4.90 Å². The normalized spacial score (nSPS) is 14.7. The smallest absolute Gasteiger partial charge is 0.410 e. The molecule has 0 aliphatic carbocycles. The average molecular weight is 292 g/mol. The van der Waals surface area contributed by atoms with E-state index in [1.165, 1.54) is 18.5 Å². The fourth-order valence-corrected chi connectivity index (χ4v) is 1.93. The van der Waals surface area contributed by atoms with Crippen molar-refractivity contribution in [2.24, 2.45) is 0 Å². The number of aromatic nitrogens is 2. The van der Waals surface area contributed by atoms with E-state index in [0.717, 1.165) is 0 Å². The quantitative estimate of drug-likeness (QED) is 0.812. The Bertz CT molecular complexity index is 523. The third-order valence-electron chi connectivity index (χ3n) is 3.04.